The quantitative estimate of drug-likeness (QED) is 0.463. The predicted octanol–water partition coefficient (Wildman–Crippen LogP) is 6.12. The molecule has 0 unspecified atom stereocenters. The summed E-state index contributed by atoms with van der Waals surface area (Å²) in [7, 11) is 0. The molecule has 1 N–H and O–H groups in total. The van der Waals surface area contributed by atoms with Crippen LogP contribution in [0.2, 0.25) is 10.0 Å². The van der Waals surface area contributed by atoms with Gasteiger partial charge in [-0.25, -0.2) is 0 Å². The van der Waals surface area contributed by atoms with E-state index in [9.17, 15) is 9.59 Å². The molecule has 0 saturated carbocycles. The van der Waals surface area contributed by atoms with E-state index in [1.54, 1.807) is 23.1 Å². The molecular weight excluding hydrogens is 451 g/mol. The van der Waals surface area contributed by atoms with Gasteiger partial charge in [-0.15, -0.1) is 11.8 Å². The number of carbonyl (C=O) groups excluding carboxylic acids is 2. The molecule has 0 aliphatic carbocycles. The molecule has 0 heterocycles. The molecule has 0 fully saturated rings. The van der Waals surface area contributed by atoms with Gasteiger partial charge in [-0.3, -0.25) is 9.59 Å². The van der Waals surface area contributed by atoms with Gasteiger partial charge in [0.05, 0.1) is 5.75 Å². The number of halogens is 2. The van der Waals surface area contributed by atoms with Crippen LogP contribution in [0, 0.1) is 6.92 Å². The van der Waals surface area contributed by atoms with Crippen LogP contribution in [-0.2, 0) is 16.1 Å². The van der Waals surface area contributed by atoms with Gasteiger partial charge in [0.1, 0.15) is 6.04 Å². The van der Waals surface area contributed by atoms with Crippen molar-refractivity contribution in [1.82, 2.24) is 10.2 Å². The molecule has 7 heteroatoms. The Balaban J connectivity index is 2.27. The zero-order valence-electron chi connectivity index (χ0n) is 18.7. The van der Waals surface area contributed by atoms with Crippen LogP contribution in [0.1, 0.15) is 45.2 Å². The fraction of sp³-hybridized carbons (Fsp3) is 0.417. The Labute approximate surface area is 199 Å². The highest BCUT2D eigenvalue weighted by Crippen LogP contribution is 2.25. The zero-order valence-corrected chi connectivity index (χ0v) is 21.0. The van der Waals surface area contributed by atoms with E-state index in [0.29, 0.717) is 16.5 Å². The second kappa shape index (κ2) is 11.3. The number of thioether (sulfide) groups is 1. The fourth-order valence-electron chi connectivity index (χ4n) is 3.07. The predicted molar refractivity (Wildman–Crippen MR) is 131 cm³/mol. The molecule has 4 nitrogen and oxygen atoms in total. The highest BCUT2D eigenvalue weighted by atomic mass is 35.5. The summed E-state index contributed by atoms with van der Waals surface area (Å²) >= 11 is 13.9. The van der Waals surface area contributed by atoms with Crippen LogP contribution in [0.25, 0.3) is 0 Å². The maximum absolute atomic E-state index is 13.3. The average molecular weight is 481 g/mol. The van der Waals surface area contributed by atoms with Crippen molar-refractivity contribution >= 4 is 46.8 Å². The molecule has 0 spiro atoms. The summed E-state index contributed by atoms with van der Waals surface area (Å²) in [6, 6.07) is 12.6. The minimum Gasteiger partial charge on any atom is -0.350 e. The van der Waals surface area contributed by atoms with Crippen molar-refractivity contribution in [2.75, 3.05) is 5.75 Å². The van der Waals surface area contributed by atoms with Crippen LogP contribution < -0.4 is 5.32 Å². The minimum absolute atomic E-state index is 0.118. The molecule has 0 aliphatic rings. The standard InChI is InChI=1S/C24H30Cl2N2O2S/c1-6-21(23(30)27-24(3,4)5)28(14-17-9-10-18(25)13-20(17)26)22(29)15-31-19-11-7-16(2)8-12-19/h7-13,21H,6,14-15H2,1-5H3,(H,27,30)/t21-/m0/s1. The number of nitrogens with zero attached hydrogens (tertiary/aromatic N) is 1. The molecule has 2 rings (SSSR count). The van der Waals surface area contributed by atoms with Crippen LogP contribution in [0.3, 0.4) is 0 Å². The smallest absolute Gasteiger partial charge is 0.243 e. The third kappa shape index (κ3) is 8.06. The van der Waals surface area contributed by atoms with E-state index in [-0.39, 0.29) is 24.1 Å². The number of benzene rings is 2. The van der Waals surface area contributed by atoms with E-state index in [2.05, 4.69) is 5.32 Å². The highest BCUT2D eigenvalue weighted by Gasteiger charge is 2.31. The molecular formula is C24H30Cl2N2O2S. The van der Waals surface area contributed by atoms with Gasteiger partial charge in [-0.05, 0) is 63.9 Å². The number of hydrogen-bond donors (Lipinski definition) is 1. The highest BCUT2D eigenvalue weighted by molar-refractivity contribution is 8.00. The number of rotatable bonds is 8. The SMILES string of the molecule is CC[C@@H](C(=O)NC(C)(C)C)N(Cc1ccc(Cl)cc1Cl)C(=O)CSc1ccc(C)cc1. The van der Waals surface area contributed by atoms with Gasteiger partial charge < -0.3 is 10.2 Å². The number of amides is 2. The topological polar surface area (TPSA) is 49.4 Å². The Hall–Kier alpha value is -1.69. The number of aryl methyl sites for hydroxylation is 1. The van der Waals surface area contributed by atoms with E-state index in [1.807, 2.05) is 58.9 Å². The lowest BCUT2D eigenvalue weighted by Gasteiger charge is -2.33. The Kier molecular flexibility index (Phi) is 9.28. The van der Waals surface area contributed by atoms with Crippen LogP contribution >= 0.6 is 35.0 Å². The first-order valence-corrected chi connectivity index (χ1v) is 12.0. The second-order valence-corrected chi connectivity index (χ2v) is 10.4. The van der Waals surface area contributed by atoms with E-state index in [0.717, 1.165) is 10.5 Å². The third-order valence-corrected chi connectivity index (χ3v) is 6.21. The number of carbonyl (C=O) groups is 2. The van der Waals surface area contributed by atoms with Crippen LogP contribution in [0.15, 0.2) is 47.4 Å². The second-order valence-electron chi connectivity index (χ2n) is 8.52. The number of hydrogen-bond acceptors (Lipinski definition) is 3. The number of nitrogens with one attached hydrogen (secondary N) is 1. The summed E-state index contributed by atoms with van der Waals surface area (Å²) in [6.07, 6.45) is 0.494. The van der Waals surface area contributed by atoms with Gasteiger partial charge >= 0.3 is 0 Å². The Bertz CT molecular complexity index is 911. The van der Waals surface area contributed by atoms with Crippen molar-refractivity contribution in [3.63, 3.8) is 0 Å². The van der Waals surface area contributed by atoms with Crippen molar-refractivity contribution < 1.29 is 9.59 Å². The van der Waals surface area contributed by atoms with Gasteiger partial charge in [0, 0.05) is 27.0 Å². The monoisotopic (exact) mass is 480 g/mol. The Morgan fingerprint density at radius 3 is 2.29 bits per heavy atom. The van der Waals surface area contributed by atoms with Gasteiger partial charge in [-0.1, -0.05) is 53.9 Å². The maximum Gasteiger partial charge on any atom is 0.243 e. The average Bonchev–Trinajstić information content (AvgIpc) is 2.67. The molecule has 0 bridgehead atoms. The molecule has 2 aromatic rings. The van der Waals surface area contributed by atoms with Gasteiger partial charge in [-0.2, -0.15) is 0 Å². The zero-order chi connectivity index (χ0) is 23.2. The van der Waals surface area contributed by atoms with Crippen molar-refractivity contribution in [3.8, 4) is 0 Å². The Morgan fingerprint density at radius 2 is 1.74 bits per heavy atom. The van der Waals surface area contributed by atoms with Crippen LogP contribution in [0.5, 0.6) is 0 Å². The molecule has 0 aromatic heterocycles. The summed E-state index contributed by atoms with van der Waals surface area (Å²) in [5.41, 5.74) is 1.52. The first-order chi connectivity index (χ1) is 14.5. The molecule has 31 heavy (non-hydrogen) atoms. The van der Waals surface area contributed by atoms with Gasteiger partial charge in [0.2, 0.25) is 11.8 Å². The van der Waals surface area contributed by atoms with E-state index < -0.39 is 11.6 Å². The van der Waals surface area contributed by atoms with E-state index in [4.69, 9.17) is 23.2 Å². The van der Waals surface area contributed by atoms with Crippen LogP contribution in [0.4, 0.5) is 0 Å². The summed E-state index contributed by atoms with van der Waals surface area (Å²) in [6.45, 7) is 9.94. The van der Waals surface area contributed by atoms with Gasteiger partial charge in [0.25, 0.3) is 0 Å². The molecule has 2 amide bonds. The van der Waals surface area contributed by atoms with Crippen molar-refractivity contribution in [2.24, 2.45) is 0 Å². The fourth-order valence-corrected chi connectivity index (χ4v) is 4.32. The largest absolute Gasteiger partial charge is 0.350 e. The summed E-state index contributed by atoms with van der Waals surface area (Å²) < 4.78 is 0. The van der Waals surface area contributed by atoms with Crippen LogP contribution in [-0.4, -0.2) is 34.0 Å². The first kappa shape index (κ1) is 25.6. The van der Waals surface area contributed by atoms with Crippen molar-refractivity contribution in [2.45, 2.75) is 64.1 Å². The lowest BCUT2D eigenvalue weighted by Crippen LogP contribution is -2.53. The molecule has 0 aliphatic heterocycles. The van der Waals surface area contributed by atoms with Crippen molar-refractivity contribution in [1.29, 1.82) is 0 Å². The van der Waals surface area contributed by atoms with Gasteiger partial charge in [0.15, 0.2) is 0 Å². The maximum atomic E-state index is 13.3. The lowest BCUT2D eigenvalue weighted by atomic mass is 10.1. The molecule has 2 aromatic carbocycles. The summed E-state index contributed by atoms with van der Waals surface area (Å²) in [5, 5.41) is 4.00. The molecule has 168 valence electrons. The molecule has 0 saturated heterocycles. The summed E-state index contributed by atoms with van der Waals surface area (Å²) in [4.78, 5) is 28.9. The van der Waals surface area contributed by atoms with Crippen molar-refractivity contribution in [3.05, 3.63) is 63.6 Å². The summed E-state index contributed by atoms with van der Waals surface area (Å²) in [5.74, 6) is -0.0608. The Morgan fingerprint density at radius 1 is 1.10 bits per heavy atom. The molecule has 1 atom stereocenters. The molecule has 0 radical (unpaired) electrons. The first-order valence-electron chi connectivity index (χ1n) is 10.2. The lowest BCUT2D eigenvalue weighted by molar-refractivity contribution is -0.140. The van der Waals surface area contributed by atoms with E-state index in [1.165, 1.54) is 17.3 Å². The normalized spacial score (nSPS) is 12.4. The minimum atomic E-state index is -0.600. The van der Waals surface area contributed by atoms with E-state index >= 15 is 0 Å². The third-order valence-electron chi connectivity index (χ3n) is 4.62.